The van der Waals surface area contributed by atoms with Crippen LogP contribution in [0.15, 0.2) is 17.5 Å². The van der Waals surface area contributed by atoms with Crippen LogP contribution < -0.4 is 5.32 Å². The smallest absolute Gasteiger partial charge is 0.225 e. The number of hydrogen-bond acceptors (Lipinski definition) is 4. The van der Waals surface area contributed by atoms with Crippen LogP contribution >= 0.6 is 22.7 Å². The van der Waals surface area contributed by atoms with Crippen molar-refractivity contribution in [3.05, 3.63) is 27.4 Å². The molecule has 3 nitrogen and oxygen atoms in total. The van der Waals surface area contributed by atoms with Crippen LogP contribution in [0.4, 0.5) is 0 Å². The topological polar surface area (TPSA) is 42.0 Å². The third kappa shape index (κ3) is 3.41. The van der Waals surface area contributed by atoms with Gasteiger partial charge in [0.05, 0.1) is 15.6 Å². The first-order chi connectivity index (χ1) is 10.6. The SMILES string of the molecule is Cc1nc(-c2ccc(CCNC(=O)C3(C)CCCC3)s2)cs1. The van der Waals surface area contributed by atoms with Crippen LogP contribution in [0.3, 0.4) is 0 Å². The van der Waals surface area contributed by atoms with Gasteiger partial charge in [-0.1, -0.05) is 19.8 Å². The van der Waals surface area contributed by atoms with Crippen LogP contribution in [-0.2, 0) is 11.2 Å². The number of carbonyl (C=O) groups is 1. The predicted octanol–water partition coefficient (Wildman–Crippen LogP) is 4.42. The quantitative estimate of drug-likeness (QED) is 0.879. The maximum Gasteiger partial charge on any atom is 0.225 e. The van der Waals surface area contributed by atoms with Crippen LogP contribution in [0.1, 0.15) is 42.5 Å². The Morgan fingerprint density at radius 3 is 2.82 bits per heavy atom. The van der Waals surface area contributed by atoms with E-state index < -0.39 is 0 Å². The van der Waals surface area contributed by atoms with Crippen molar-refractivity contribution in [2.45, 2.75) is 46.0 Å². The zero-order valence-corrected chi connectivity index (χ0v) is 14.8. The van der Waals surface area contributed by atoms with Gasteiger partial charge in [0.2, 0.25) is 5.91 Å². The Morgan fingerprint density at radius 1 is 1.36 bits per heavy atom. The Kier molecular flexibility index (Phi) is 4.64. The minimum atomic E-state index is -0.126. The zero-order valence-electron chi connectivity index (χ0n) is 13.1. The molecule has 0 saturated heterocycles. The molecule has 118 valence electrons. The number of aromatic nitrogens is 1. The van der Waals surface area contributed by atoms with E-state index in [1.165, 1.54) is 22.6 Å². The number of aryl methyl sites for hydroxylation is 1. The molecule has 0 aliphatic heterocycles. The summed E-state index contributed by atoms with van der Waals surface area (Å²) in [5.41, 5.74) is 0.944. The van der Waals surface area contributed by atoms with Crippen LogP contribution in [0.25, 0.3) is 10.6 Å². The summed E-state index contributed by atoms with van der Waals surface area (Å²) in [5, 5.41) is 6.32. The Labute approximate surface area is 139 Å². The van der Waals surface area contributed by atoms with Gasteiger partial charge in [0.25, 0.3) is 0 Å². The van der Waals surface area contributed by atoms with E-state index in [-0.39, 0.29) is 11.3 Å². The molecule has 1 aliphatic carbocycles. The molecule has 0 unspecified atom stereocenters. The lowest BCUT2D eigenvalue weighted by Crippen LogP contribution is -2.38. The van der Waals surface area contributed by atoms with E-state index in [1.54, 1.807) is 22.7 Å². The van der Waals surface area contributed by atoms with Gasteiger partial charge in [-0.05, 0) is 38.3 Å². The first-order valence-corrected chi connectivity index (χ1v) is 9.56. The summed E-state index contributed by atoms with van der Waals surface area (Å²) in [7, 11) is 0. The largest absolute Gasteiger partial charge is 0.355 e. The summed E-state index contributed by atoms with van der Waals surface area (Å²) >= 11 is 3.46. The van der Waals surface area contributed by atoms with Gasteiger partial charge in [0.1, 0.15) is 0 Å². The highest BCUT2D eigenvalue weighted by Gasteiger charge is 2.35. The zero-order chi connectivity index (χ0) is 15.6. The van der Waals surface area contributed by atoms with E-state index in [9.17, 15) is 4.79 Å². The summed E-state index contributed by atoms with van der Waals surface area (Å²) in [6.07, 6.45) is 5.34. The molecule has 5 heteroatoms. The van der Waals surface area contributed by atoms with Crippen molar-refractivity contribution in [2.24, 2.45) is 5.41 Å². The lowest BCUT2D eigenvalue weighted by atomic mass is 9.88. The Bertz CT molecular complexity index is 653. The molecule has 0 bridgehead atoms. The molecule has 1 saturated carbocycles. The van der Waals surface area contributed by atoms with Crippen molar-refractivity contribution in [1.29, 1.82) is 0 Å². The van der Waals surface area contributed by atoms with Gasteiger partial charge in [-0.2, -0.15) is 0 Å². The summed E-state index contributed by atoms with van der Waals surface area (Å²) in [5.74, 6) is 0.233. The Hall–Kier alpha value is -1.20. The minimum Gasteiger partial charge on any atom is -0.355 e. The summed E-state index contributed by atoms with van der Waals surface area (Å²) < 4.78 is 0. The number of amides is 1. The molecule has 2 aromatic heterocycles. The summed E-state index contributed by atoms with van der Waals surface area (Å²) in [6, 6.07) is 4.28. The fourth-order valence-corrected chi connectivity index (χ4v) is 4.68. The third-order valence-electron chi connectivity index (χ3n) is 4.45. The van der Waals surface area contributed by atoms with Gasteiger partial charge < -0.3 is 5.32 Å². The van der Waals surface area contributed by atoms with E-state index in [1.807, 2.05) is 6.92 Å². The van der Waals surface area contributed by atoms with Crippen LogP contribution in [0, 0.1) is 12.3 Å². The monoisotopic (exact) mass is 334 g/mol. The Morgan fingerprint density at radius 2 is 2.14 bits per heavy atom. The van der Waals surface area contributed by atoms with Crippen molar-refractivity contribution in [3.63, 3.8) is 0 Å². The molecule has 0 atom stereocenters. The number of nitrogens with one attached hydrogen (secondary N) is 1. The highest BCUT2D eigenvalue weighted by Crippen LogP contribution is 2.37. The molecule has 22 heavy (non-hydrogen) atoms. The lowest BCUT2D eigenvalue weighted by molar-refractivity contribution is -0.129. The van der Waals surface area contributed by atoms with Crippen LogP contribution in [0.2, 0.25) is 0 Å². The first-order valence-electron chi connectivity index (χ1n) is 7.86. The van der Waals surface area contributed by atoms with Gasteiger partial charge in [-0.15, -0.1) is 22.7 Å². The van der Waals surface area contributed by atoms with Crippen molar-refractivity contribution in [2.75, 3.05) is 6.54 Å². The van der Waals surface area contributed by atoms with Crippen molar-refractivity contribution in [1.82, 2.24) is 10.3 Å². The number of carbonyl (C=O) groups excluding carboxylic acids is 1. The molecule has 1 aliphatic rings. The van der Waals surface area contributed by atoms with Gasteiger partial charge >= 0.3 is 0 Å². The van der Waals surface area contributed by atoms with Gasteiger partial charge in [-0.3, -0.25) is 4.79 Å². The highest BCUT2D eigenvalue weighted by molar-refractivity contribution is 7.16. The molecule has 2 heterocycles. The van der Waals surface area contributed by atoms with Crippen molar-refractivity contribution in [3.8, 4) is 10.6 Å². The van der Waals surface area contributed by atoms with E-state index in [2.05, 4.69) is 34.7 Å². The molecular formula is C17H22N2OS2. The fourth-order valence-electron chi connectivity index (χ4n) is 3.02. The molecular weight excluding hydrogens is 312 g/mol. The lowest BCUT2D eigenvalue weighted by Gasteiger charge is -2.22. The second-order valence-electron chi connectivity index (χ2n) is 6.29. The van der Waals surface area contributed by atoms with Gasteiger partial charge in [0.15, 0.2) is 0 Å². The highest BCUT2D eigenvalue weighted by atomic mass is 32.1. The molecule has 0 spiro atoms. The minimum absolute atomic E-state index is 0.126. The second kappa shape index (κ2) is 6.50. The molecule has 3 rings (SSSR count). The van der Waals surface area contributed by atoms with Gasteiger partial charge in [-0.25, -0.2) is 4.98 Å². The molecule has 1 fully saturated rings. The van der Waals surface area contributed by atoms with E-state index in [4.69, 9.17) is 0 Å². The van der Waals surface area contributed by atoms with E-state index in [0.717, 1.165) is 36.5 Å². The number of hydrogen-bond donors (Lipinski definition) is 1. The molecule has 1 amide bonds. The van der Waals surface area contributed by atoms with Crippen molar-refractivity contribution >= 4 is 28.6 Å². The van der Waals surface area contributed by atoms with Gasteiger partial charge in [0, 0.05) is 22.2 Å². The fraction of sp³-hybridized carbons (Fsp3) is 0.529. The standard InChI is InChI=1S/C17H22N2OS2/c1-12-19-14(11-21-12)15-6-5-13(22-15)7-10-18-16(20)17(2)8-3-4-9-17/h5-6,11H,3-4,7-10H2,1-2H3,(H,18,20). The predicted molar refractivity (Wildman–Crippen MR) is 93.5 cm³/mol. The van der Waals surface area contributed by atoms with Crippen LogP contribution in [-0.4, -0.2) is 17.4 Å². The first kappa shape index (κ1) is 15.7. The average Bonchev–Trinajstić information content (AvgIpc) is 3.20. The molecule has 1 N–H and O–H groups in total. The molecule has 0 radical (unpaired) electrons. The summed E-state index contributed by atoms with van der Waals surface area (Å²) in [4.78, 5) is 19.3. The second-order valence-corrected chi connectivity index (χ2v) is 8.52. The normalized spacial score (nSPS) is 16.8. The average molecular weight is 335 g/mol. The number of rotatable bonds is 5. The van der Waals surface area contributed by atoms with E-state index in [0.29, 0.717) is 0 Å². The number of thiophene rings is 1. The maximum absolute atomic E-state index is 12.3. The Balaban J connectivity index is 1.52. The third-order valence-corrected chi connectivity index (χ3v) is 6.39. The van der Waals surface area contributed by atoms with E-state index >= 15 is 0 Å². The molecule has 2 aromatic rings. The molecule has 0 aromatic carbocycles. The maximum atomic E-state index is 12.3. The van der Waals surface area contributed by atoms with Crippen LogP contribution in [0.5, 0.6) is 0 Å². The number of nitrogens with zero attached hydrogens (tertiary/aromatic N) is 1. The summed E-state index contributed by atoms with van der Waals surface area (Å²) in [6.45, 7) is 4.86. The van der Waals surface area contributed by atoms with Crippen molar-refractivity contribution < 1.29 is 4.79 Å². The number of thiazole rings is 1.